The topological polar surface area (TPSA) is 41.6 Å². The number of para-hydroxylation sites is 1. The van der Waals surface area contributed by atoms with Gasteiger partial charge in [0, 0.05) is 18.7 Å². The van der Waals surface area contributed by atoms with Crippen LogP contribution in [0.2, 0.25) is 0 Å². The third-order valence-corrected chi connectivity index (χ3v) is 5.08. The molecule has 2 unspecified atom stereocenters. The zero-order valence-electron chi connectivity index (χ0n) is 12.3. The van der Waals surface area contributed by atoms with E-state index in [0.29, 0.717) is 12.6 Å². The van der Waals surface area contributed by atoms with Crippen molar-refractivity contribution in [3.63, 3.8) is 0 Å². The summed E-state index contributed by atoms with van der Waals surface area (Å²) in [6, 6.07) is 8.43. The molecule has 1 saturated carbocycles. The highest BCUT2D eigenvalue weighted by Crippen LogP contribution is 2.31. The maximum absolute atomic E-state index is 12.9. The Morgan fingerprint density at radius 3 is 3.00 bits per heavy atom. The van der Waals surface area contributed by atoms with Gasteiger partial charge >= 0.3 is 0 Å². The molecule has 0 bridgehead atoms. The summed E-state index contributed by atoms with van der Waals surface area (Å²) in [6.07, 6.45) is 5.72. The first-order valence-electron chi connectivity index (χ1n) is 8.09. The summed E-state index contributed by atoms with van der Waals surface area (Å²) in [6.45, 7) is 1.43. The molecule has 2 heterocycles. The number of fused-ring (bicyclic) bond motifs is 2. The van der Waals surface area contributed by atoms with E-state index in [4.69, 9.17) is 4.74 Å². The third kappa shape index (κ3) is 2.31. The quantitative estimate of drug-likeness (QED) is 0.860. The Balaban J connectivity index is 1.50. The maximum atomic E-state index is 12.9. The van der Waals surface area contributed by atoms with E-state index in [0.717, 1.165) is 31.5 Å². The molecule has 4 nitrogen and oxygen atoms in total. The van der Waals surface area contributed by atoms with E-state index in [1.54, 1.807) is 0 Å². The Bertz CT molecular complexity index is 518. The number of hydrogen-bond acceptors (Lipinski definition) is 3. The number of nitrogens with zero attached hydrogens (tertiary/aromatic N) is 1. The van der Waals surface area contributed by atoms with Crippen LogP contribution < -0.4 is 5.32 Å². The van der Waals surface area contributed by atoms with E-state index < -0.39 is 0 Å². The number of anilines is 1. The van der Waals surface area contributed by atoms with Gasteiger partial charge in [-0.3, -0.25) is 4.79 Å². The number of nitrogens with one attached hydrogen (secondary N) is 1. The molecule has 2 fully saturated rings. The molecule has 2 aliphatic heterocycles. The molecule has 1 saturated heterocycles. The second-order valence-corrected chi connectivity index (χ2v) is 6.35. The molecule has 1 N–H and O–H groups in total. The zero-order valence-corrected chi connectivity index (χ0v) is 12.3. The number of carbonyl (C=O) groups is 1. The van der Waals surface area contributed by atoms with Crippen molar-refractivity contribution in [1.29, 1.82) is 0 Å². The molecule has 0 radical (unpaired) electrons. The normalized spacial score (nSPS) is 31.2. The van der Waals surface area contributed by atoms with E-state index in [1.165, 1.54) is 18.4 Å². The minimum atomic E-state index is -0.0944. The first kappa shape index (κ1) is 13.1. The Kier molecular flexibility index (Phi) is 3.34. The lowest BCUT2D eigenvalue weighted by molar-refractivity contribution is -0.150. The molecule has 4 rings (SSSR count). The lowest BCUT2D eigenvalue weighted by Gasteiger charge is -2.44. The molecular formula is C17H22N2O2. The van der Waals surface area contributed by atoms with Gasteiger partial charge in [0.2, 0.25) is 5.91 Å². The van der Waals surface area contributed by atoms with Crippen LogP contribution in [-0.2, 0) is 16.0 Å². The molecule has 3 atom stereocenters. The smallest absolute Gasteiger partial charge is 0.245 e. The largest absolute Gasteiger partial charge is 0.374 e. The fraction of sp³-hybridized carbons (Fsp3) is 0.588. The number of amides is 1. The van der Waals surface area contributed by atoms with Crippen molar-refractivity contribution in [3.8, 4) is 0 Å². The summed E-state index contributed by atoms with van der Waals surface area (Å²) < 4.78 is 5.87. The summed E-state index contributed by atoms with van der Waals surface area (Å²) in [5.74, 6) is 0.256. The summed E-state index contributed by atoms with van der Waals surface area (Å²) in [5, 5.41) is 3.40. The average Bonchev–Trinajstić information content (AvgIpc) is 2.97. The fourth-order valence-corrected chi connectivity index (χ4v) is 4.02. The molecule has 1 aliphatic carbocycles. The Labute approximate surface area is 125 Å². The van der Waals surface area contributed by atoms with Crippen molar-refractivity contribution in [3.05, 3.63) is 29.8 Å². The predicted molar refractivity (Wildman–Crippen MR) is 81.3 cm³/mol. The van der Waals surface area contributed by atoms with Crippen LogP contribution in [-0.4, -0.2) is 42.1 Å². The molecule has 0 aromatic heterocycles. The highest BCUT2D eigenvalue weighted by atomic mass is 16.5. The number of rotatable bonds is 1. The first-order valence-corrected chi connectivity index (χ1v) is 8.09. The van der Waals surface area contributed by atoms with Gasteiger partial charge in [-0.25, -0.2) is 0 Å². The molecule has 1 aromatic rings. The van der Waals surface area contributed by atoms with Gasteiger partial charge in [-0.15, -0.1) is 0 Å². The maximum Gasteiger partial charge on any atom is 0.245 e. The van der Waals surface area contributed by atoms with E-state index in [-0.39, 0.29) is 18.1 Å². The monoisotopic (exact) mass is 286 g/mol. The van der Waals surface area contributed by atoms with E-state index in [9.17, 15) is 4.79 Å². The van der Waals surface area contributed by atoms with Crippen LogP contribution in [0.4, 0.5) is 5.69 Å². The molecule has 21 heavy (non-hydrogen) atoms. The number of morpholine rings is 1. The zero-order chi connectivity index (χ0) is 14.2. The molecule has 112 valence electrons. The first-order chi connectivity index (χ1) is 10.3. The van der Waals surface area contributed by atoms with E-state index >= 15 is 0 Å². The van der Waals surface area contributed by atoms with Crippen molar-refractivity contribution in [2.45, 2.75) is 50.3 Å². The van der Waals surface area contributed by atoms with Crippen molar-refractivity contribution < 1.29 is 9.53 Å². The van der Waals surface area contributed by atoms with Gasteiger partial charge in [0.05, 0.1) is 18.8 Å². The third-order valence-electron chi connectivity index (χ3n) is 5.08. The second kappa shape index (κ2) is 5.34. The highest BCUT2D eigenvalue weighted by Gasteiger charge is 2.40. The van der Waals surface area contributed by atoms with Gasteiger partial charge in [-0.05, 0) is 24.5 Å². The van der Waals surface area contributed by atoms with Gasteiger partial charge in [0.1, 0.15) is 6.04 Å². The van der Waals surface area contributed by atoms with Crippen molar-refractivity contribution in [1.82, 2.24) is 4.90 Å². The molecule has 1 amide bonds. The number of hydrogen-bond donors (Lipinski definition) is 1. The van der Waals surface area contributed by atoms with Gasteiger partial charge < -0.3 is 15.0 Å². The number of ether oxygens (including phenoxy) is 1. The van der Waals surface area contributed by atoms with Gasteiger partial charge in [-0.2, -0.15) is 0 Å². The summed E-state index contributed by atoms with van der Waals surface area (Å²) >= 11 is 0. The summed E-state index contributed by atoms with van der Waals surface area (Å²) in [4.78, 5) is 15.0. The number of carbonyl (C=O) groups excluding carboxylic acids is 1. The summed E-state index contributed by atoms with van der Waals surface area (Å²) in [5.41, 5.74) is 2.37. The number of benzene rings is 1. The summed E-state index contributed by atoms with van der Waals surface area (Å²) in [7, 11) is 0. The Hall–Kier alpha value is -1.55. The molecule has 4 heteroatoms. The van der Waals surface area contributed by atoms with Gasteiger partial charge in [-0.1, -0.05) is 31.0 Å². The van der Waals surface area contributed by atoms with Crippen molar-refractivity contribution in [2.24, 2.45) is 0 Å². The lowest BCUT2D eigenvalue weighted by Crippen LogP contribution is -2.57. The van der Waals surface area contributed by atoms with Crippen LogP contribution in [0.15, 0.2) is 24.3 Å². The van der Waals surface area contributed by atoms with Gasteiger partial charge in [0.15, 0.2) is 0 Å². The van der Waals surface area contributed by atoms with Crippen LogP contribution in [0, 0.1) is 0 Å². The Morgan fingerprint density at radius 1 is 1.24 bits per heavy atom. The predicted octanol–water partition coefficient (Wildman–Crippen LogP) is 2.19. The fourth-order valence-electron chi connectivity index (χ4n) is 4.02. The molecular weight excluding hydrogens is 264 g/mol. The minimum Gasteiger partial charge on any atom is -0.374 e. The van der Waals surface area contributed by atoms with E-state index in [1.807, 2.05) is 12.1 Å². The highest BCUT2D eigenvalue weighted by molar-refractivity contribution is 5.87. The van der Waals surface area contributed by atoms with Crippen LogP contribution >= 0.6 is 0 Å². The van der Waals surface area contributed by atoms with Crippen LogP contribution in [0.25, 0.3) is 0 Å². The van der Waals surface area contributed by atoms with Gasteiger partial charge in [0.25, 0.3) is 0 Å². The van der Waals surface area contributed by atoms with Crippen LogP contribution in [0.3, 0.4) is 0 Å². The molecule has 0 spiro atoms. The van der Waals surface area contributed by atoms with Crippen LogP contribution in [0.1, 0.15) is 31.2 Å². The van der Waals surface area contributed by atoms with Crippen molar-refractivity contribution >= 4 is 11.6 Å². The van der Waals surface area contributed by atoms with E-state index in [2.05, 4.69) is 22.3 Å². The van der Waals surface area contributed by atoms with Crippen LogP contribution in [0.5, 0.6) is 0 Å². The minimum absolute atomic E-state index is 0.0944. The Morgan fingerprint density at radius 2 is 2.10 bits per heavy atom. The average molecular weight is 286 g/mol. The molecule has 1 aromatic carbocycles. The SMILES string of the molecule is O=C([C@@H]1Cc2ccccc2N1)N1CCOC2CCCCC21. The second-order valence-electron chi connectivity index (χ2n) is 6.35. The standard InChI is InChI=1S/C17H22N2O2/c20-17(14-11-12-5-1-2-6-13(12)18-14)19-9-10-21-16-8-4-3-7-15(16)19/h1-2,5-6,14-16,18H,3-4,7-11H2/t14-,15?,16?/m0/s1. The van der Waals surface area contributed by atoms with Crippen molar-refractivity contribution in [2.75, 3.05) is 18.5 Å². The lowest BCUT2D eigenvalue weighted by atomic mass is 9.89. The molecule has 3 aliphatic rings.